The Hall–Kier alpha value is -7.62. The molecule has 0 aliphatic carbocycles. The Bertz CT molecular complexity index is 2360. The number of nitrogens with zero attached hydrogens (tertiary/aromatic N) is 3. The highest BCUT2D eigenvalue weighted by atomic mass is 15.2. The number of benzene rings is 9. The van der Waals surface area contributed by atoms with Crippen LogP contribution in [0.15, 0.2) is 249 Å². The fraction of sp³-hybridized carbons (Fsp3) is 0. The molecule has 9 aromatic rings. The van der Waals surface area contributed by atoms with Crippen LogP contribution in [0.5, 0.6) is 0 Å². The summed E-state index contributed by atoms with van der Waals surface area (Å²) in [6.45, 7) is 0. The van der Waals surface area contributed by atoms with Crippen LogP contribution >= 0.6 is 0 Å². The molecule has 0 aliphatic heterocycles. The minimum absolute atomic E-state index is 1.10. The van der Waals surface area contributed by atoms with Crippen LogP contribution in [-0.2, 0) is 0 Å². The van der Waals surface area contributed by atoms with Gasteiger partial charge in [0.25, 0.3) is 0 Å². The Kier molecular flexibility index (Phi) is 10.1. The van der Waals surface area contributed by atoms with Gasteiger partial charge < -0.3 is 14.7 Å². The van der Waals surface area contributed by atoms with Gasteiger partial charge in [-0.05, 0) is 131 Å². The number of hydrogen-bond acceptors (Lipinski definition) is 3. The molecule has 3 nitrogen and oxygen atoms in total. The van der Waals surface area contributed by atoms with E-state index in [1.807, 2.05) is 0 Å². The summed E-state index contributed by atoms with van der Waals surface area (Å²) < 4.78 is 0. The van der Waals surface area contributed by atoms with Crippen LogP contribution in [0.2, 0.25) is 0 Å². The predicted octanol–water partition coefficient (Wildman–Crippen LogP) is 15.4. The van der Waals surface area contributed by atoms with Crippen molar-refractivity contribution in [3.63, 3.8) is 0 Å². The molecule has 0 bridgehead atoms. The first kappa shape index (κ1) is 35.1. The average Bonchev–Trinajstić information content (AvgIpc) is 3.30. The SMILES string of the molecule is c1ccc(N(c2ccccc2)c2ccc(-c3ccc(N(c4ccccc4)c4ccc(-c5ccc(N(c6ccccc6)c6ccccc6)cc5)cc4)cc3)cc2)cc1. The monoisotopic (exact) mass is 731 g/mol. The van der Waals surface area contributed by atoms with Crippen molar-refractivity contribution in [3.05, 3.63) is 249 Å². The molecule has 9 rings (SSSR count). The topological polar surface area (TPSA) is 9.72 Å². The molecular weight excluding hydrogens is 691 g/mol. The van der Waals surface area contributed by atoms with Gasteiger partial charge >= 0.3 is 0 Å². The van der Waals surface area contributed by atoms with E-state index in [4.69, 9.17) is 0 Å². The molecule has 9 aromatic carbocycles. The summed E-state index contributed by atoms with van der Waals surface area (Å²) in [4.78, 5) is 6.89. The smallest absolute Gasteiger partial charge is 0.0462 e. The third kappa shape index (κ3) is 7.68. The molecule has 0 atom stereocenters. The minimum Gasteiger partial charge on any atom is -0.311 e. The van der Waals surface area contributed by atoms with E-state index in [0.29, 0.717) is 0 Å². The van der Waals surface area contributed by atoms with Crippen molar-refractivity contribution in [2.24, 2.45) is 0 Å². The third-order valence-electron chi connectivity index (χ3n) is 10.2. The fourth-order valence-corrected chi connectivity index (χ4v) is 7.44. The molecule has 0 aliphatic rings. The van der Waals surface area contributed by atoms with Crippen molar-refractivity contribution in [1.82, 2.24) is 0 Å². The van der Waals surface area contributed by atoms with Crippen molar-refractivity contribution in [3.8, 4) is 22.3 Å². The van der Waals surface area contributed by atoms with Crippen molar-refractivity contribution >= 4 is 51.2 Å². The Labute approximate surface area is 335 Å². The molecule has 0 aromatic heterocycles. The van der Waals surface area contributed by atoms with E-state index in [2.05, 4.69) is 263 Å². The Morgan fingerprint density at radius 1 is 0.140 bits per heavy atom. The quantitative estimate of drug-likeness (QED) is 0.131. The van der Waals surface area contributed by atoms with Gasteiger partial charge in [0.2, 0.25) is 0 Å². The molecule has 0 spiro atoms. The zero-order valence-electron chi connectivity index (χ0n) is 31.5. The number of hydrogen-bond donors (Lipinski definition) is 0. The van der Waals surface area contributed by atoms with Gasteiger partial charge in [-0.3, -0.25) is 0 Å². The standard InChI is InChI=1S/C54H41N3/c1-6-16-46(17-7-1)55(47-18-8-2-9-19-47)51-34-26-42(27-35-51)44-30-38-53(39-31-44)57(50-24-14-5-15-25-50)54-40-32-45(33-41-54)43-28-36-52(37-29-43)56(48-20-10-3-11-21-48)49-22-12-4-13-23-49/h1-41H. The summed E-state index contributed by atoms with van der Waals surface area (Å²) in [5.41, 5.74) is 14.7. The number of rotatable bonds is 11. The van der Waals surface area contributed by atoms with Gasteiger partial charge in [-0.25, -0.2) is 0 Å². The molecule has 0 unspecified atom stereocenters. The summed E-state index contributed by atoms with van der Waals surface area (Å²) in [6, 6.07) is 88.1. The Morgan fingerprint density at radius 3 is 0.439 bits per heavy atom. The van der Waals surface area contributed by atoms with E-state index >= 15 is 0 Å². The molecule has 0 heterocycles. The van der Waals surface area contributed by atoms with Crippen LogP contribution in [0.3, 0.4) is 0 Å². The van der Waals surface area contributed by atoms with Crippen molar-refractivity contribution in [2.45, 2.75) is 0 Å². The summed E-state index contributed by atoms with van der Waals surface area (Å²) in [5.74, 6) is 0. The highest BCUT2D eigenvalue weighted by molar-refractivity contribution is 5.82. The van der Waals surface area contributed by atoms with Crippen LogP contribution in [-0.4, -0.2) is 0 Å². The molecule has 0 saturated carbocycles. The Balaban J connectivity index is 0.971. The van der Waals surface area contributed by atoms with Crippen LogP contribution in [0.25, 0.3) is 22.3 Å². The second-order valence-electron chi connectivity index (χ2n) is 13.9. The van der Waals surface area contributed by atoms with E-state index < -0.39 is 0 Å². The van der Waals surface area contributed by atoms with Crippen LogP contribution in [0, 0.1) is 0 Å². The molecule has 57 heavy (non-hydrogen) atoms. The molecule has 3 heteroatoms. The van der Waals surface area contributed by atoms with Crippen LogP contribution < -0.4 is 14.7 Å². The van der Waals surface area contributed by atoms with Gasteiger partial charge in [-0.2, -0.15) is 0 Å². The van der Waals surface area contributed by atoms with E-state index in [1.165, 1.54) is 22.3 Å². The average molecular weight is 732 g/mol. The minimum atomic E-state index is 1.10. The molecule has 0 saturated heterocycles. The maximum Gasteiger partial charge on any atom is 0.0462 e. The molecule has 0 N–H and O–H groups in total. The summed E-state index contributed by atoms with van der Waals surface area (Å²) >= 11 is 0. The zero-order chi connectivity index (χ0) is 38.2. The van der Waals surface area contributed by atoms with Gasteiger partial charge in [-0.15, -0.1) is 0 Å². The van der Waals surface area contributed by atoms with E-state index in [1.54, 1.807) is 0 Å². The van der Waals surface area contributed by atoms with Gasteiger partial charge in [0.15, 0.2) is 0 Å². The predicted molar refractivity (Wildman–Crippen MR) is 241 cm³/mol. The zero-order valence-corrected chi connectivity index (χ0v) is 31.5. The van der Waals surface area contributed by atoms with E-state index in [9.17, 15) is 0 Å². The summed E-state index contributed by atoms with van der Waals surface area (Å²) in [6.07, 6.45) is 0. The lowest BCUT2D eigenvalue weighted by atomic mass is 10.0. The second-order valence-corrected chi connectivity index (χ2v) is 13.9. The first-order chi connectivity index (χ1) is 28.3. The fourth-order valence-electron chi connectivity index (χ4n) is 7.44. The lowest BCUT2D eigenvalue weighted by Crippen LogP contribution is -2.10. The van der Waals surface area contributed by atoms with Gasteiger partial charge in [0.1, 0.15) is 0 Å². The van der Waals surface area contributed by atoms with Gasteiger partial charge in [0, 0.05) is 51.2 Å². The highest BCUT2D eigenvalue weighted by Crippen LogP contribution is 2.39. The number of para-hydroxylation sites is 5. The first-order valence-corrected chi connectivity index (χ1v) is 19.4. The molecule has 272 valence electrons. The molecule has 0 radical (unpaired) electrons. The molecule has 0 amide bonds. The summed E-state index contributed by atoms with van der Waals surface area (Å²) in [7, 11) is 0. The maximum atomic E-state index is 2.31. The van der Waals surface area contributed by atoms with E-state index in [0.717, 1.165) is 51.2 Å². The van der Waals surface area contributed by atoms with Crippen molar-refractivity contribution < 1.29 is 0 Å². The normalized spacial score (nSPS) is 10.8. The van der Waals surface area contributed by atoms with Crippen LogP contribution in [0.4, 0.5) is 51.2 Å². The van der Waals surface area contributed by atoms with E-state index in [-0.39, 0.29) is 0 Å². The lowest BCUT2D eigenvalue weighted by Gasteiger charge is -2.26. The largest absolute Gasteiger partial charge is 0.311 e. The van der Waals surface area contributed by atoms with Crippen LogP contribution in [0.1, 0.15) is 0 Å². The lowest BCUT2D eigenvalue weighted by molar-refractivity contribution is 1.28. The first-order valence-electron chi connectivity index (χ1n) is 19.4. The highest BCUT2D eigenvalue weighted by Gasteiger charge is 2.16. The molecule has 0 fully saturated rings. The van der Waals surface area contributed by atoms with Crippen molar-refractivity contribution in [1.29, 1.82) is 0 Å². The van der Waals surface area contributed by atoms with Gasteiger partial charge in [-0.1, -0.05) is 140 Å². The maximum absolute atomic E-state index is 2.31. The summed E-state index contributed by atoms with van der Waals surface area (Å²) in [5, 5.41) is 0. The number of anilines is 9. The Morgan fingerprint density at radius 2 is 0.281 bits per heavy atom. The van der Waals surface area contributed by atoms with Crippen molar-refractivity contribution in [2.75, 3.05) is 14.7 Å². The molecular formula is C54H41N3. The third-order valence-corrected chi connectivity index (χ3v) is 10.2. The van der Waals surface area contributed by atoms with Gasteiger partial charge in [0.05, 0.1) is 0 Å². The second kappa shape index (κ2) is 16.4.